The van der Waals surface area contributed by atoms with Gasteiger partial charge in [-0.15, -0.1) is 0 Å². The Morgan fingerprint density at radius 1 is 1.12 bits per heavy atom. The Labute approximate surface area is 153 Å². The maximum absolute atomic E-state index is 12.4. The third kappa shape index (κ3) is 4.27. The zero-order valence-electron chi connectivity index (χ0n) is 15.7. The number of esters is 2. The lowest BCUT2D eigenvalue weighted by atomic mass is 9.83. The van der Waals surface area contributed by atoms with Crippen molar-refractivity contribution in [3.05, 3.63) is 23.8 Å². The first-order chi connectivity index (χ1) is 12.6. The summed E-state index contributed by atoms with van der Waals surface area (Å²) in [6.07, 6.45) is 0.0666. The van der Waals surface area contributed by atoms with E-state index in [1.807, 2.05) is 6.07 Å². The molecule has 144 valence electrons. The molecule has 1 fully saturated rings. The predicted octanol–water partition coefficient (Wildman–Crippen LogP) is 2.52. The summed E-state index contributed by atoms with van der Waals surface area (Å²) in [4.78, 5) is 24.9. The maximum Gasteiger partial charge on any atom is 0.320 e. The molecule has 0 amide bonds. The second kappa shape index (κ2) is 9.43. The fraction of sp³-hybridized carbons (Fsp3) is 0.579. The molecule has 0 unspecified atom stereocenters. The van der Waals surface area contributed by atoms with Gasteiger partial charge in [0.1, 0.15) is 11.5 Å². The molecule has 1 saturated heterocycles. The first-order valence-corrected chi connectivity index (χ1v) is 8.74. The largest absolute Gasteiger partial charge is 0.497 e. The number of methoxy groups -OCH3 is 2. The van der Waals surface area contributed by atoms with Crippen molar-refractivity contribution in [2.45, 2.75) is 26.4 Å². The summed E-state index contributed by atoms with van der Waals surface area (Å²) in [5, 5.41) is 0. The van der Waals surface area contributed by atoms with E-state index in [1.54, 1.807) is 40.2 Å². The molecule has 7 nitrogen and oxygen atoms in total. The van der Waals surface area contributed by atoms with Gasteiger partial charge in [-0.1, -0.05) is 0 Å². The van der Waals surface area contributed by atoms with E-state index in [1.165, 1.54) is 0 Å². The van der Waals surface area contributed by atoms with Crippen LogP contribution in [-0.2, 0) is 23.8 Å². The lowest BCUT2D eigenvalue weighted by molar-refractivity contribution is -0.165. The second-order valence-corrected chi connectivity index (χ2v) is 5.83. The summed E-state index contributed by atoms with van der Waals surface area (Å²) in [5.41, 5.74) is 0.759. The van der Waals surface area contributed by atoms with E-state index < -0.39 is 29.9 Å². The van der Waals surface area contributed by atoms with Crippen LogP contribution in [0.1, 0.15) is 31.9 Å². The Morgan fingerprint density at radius 3 is 2.31 bits per heavy atom. The number of carbonyl (C=O) groups is 2. The van der Waals surface area contributed by atoms with Crippen LogP contribution in [0.15, 0.2) is 18.2 Å². The van der Waals surface area contributed by atoms with Crippen molar-refractivity contribution in [1.82, 2.24) is 0 Å². The molecule has 0 radical (unpaired) electrons. The lowest BCUT2D eigenvalue weighted by Crippen LogP contribution is -2.36. The fourth-order valence-electron chi connectivity index (χ4n) is 3.23. The molecular weight excluding hydrogens is 340 g/mol. The molecule has 1 aliphatic rings. The molecule has 2 rings (SSSR count). The van der Waals surface area contributed by atoms with E-state index in [9.17, 15) is 9.59 Å². The molecule has 0 bridgehead atoms. The maximum atomic E-state index is 12.4. The summed E-state index contributed by atoms with van der Waals surface area (Å²) in [7, 11) is 3.12. The summed E-state index contributed by atoms with van der Waals surface area (Å²) in [5.74, 6) is -1.37. The molecule has 2 atom stereocenters. The number of hydrogen-bond acceptors (Lipinski definition) is 7. The summed E-state index contributed by atoms with van der Waals surface area (Å²) in [6, 6.07) is 5.37. The first kappa shape index (κ1) is 20.0. The van der Waals surface area contributed by atoms with Crippen molar-refractivity contribution in [2.75, 3.05) is 34.0 Å². The van der Waals surface area contributed by atoms with Crippen molar-refractivity contribution in [3.63, 3.8) is 0 Å². The Balaban J connectivity index is 2.37. The molecule has 0 spiro atoms. The van der Waals surface area contributed by atoms with E-state index in [0.29, 0.717) is 24.5 Å². The van der Waals surface area contributed by atoms with E-state index in [2.05, 4.69) is 0 Å². The van der Waals surface area contributed by atoms with Crippen molar-refractivity contribution < 1.29 is 33.3 Å². The topological polar surface area (TPSA) is 80.3 Å². The minimum Gasteiger partial charge on any atom is -0.497 e. The highest BCUT2D eigenvalue weighted by atomic mass is 16.6. The molecule has 1 aliphatic heterocycles. The smallest absolute Gasteiger partial charge is 0.320 e. The number of carbonyl (C=O) groups excluding carboxylic acids is 2. The van der Waals surface area contributed by atoms with Gasteiger partial charge in [-0.2, -0.15) is 0 Å². The minimum atomic E-state index is -1.03. The second-order valence-electron chi connectivity index (χ2n) is 5.83. The predicted molar refractivity (Wildman–Crippen MR) is 93.1 cm³/mol. The quantitative estimate of drug-likeness (QED) is 0.516. The van der Waals surface area contributed by atoms with Crippen LogP contribution >= 0.6 is 0 Å². The molecule has 0 aliphatic carbocycles. The van der Waals surface area contributed by atoms with Gasteiger partial charge in [-0.05, 0) is 32.4 Å². The van der Waals surface area contributed by atoms with Gasteiger partial charge in [0.2, 0.25) is 0 Å². The molecule has 7 heteroatoms. The SMILES string of the molecule is CCOC(=O)C(C(=O)OCC)[C@@H]1CCO[C@H]1c1ccc(OC)cc1OC. The first-order valence-electron chi connectivity index (χ1n) is 8.74. The number of ether oxygens (including phenoxy) is 5. The Hall–Kier alpha value is -2.28. The molecular formula is C19H26O7. The highest BCUT2D eigenvalue weighted by molar-refractivity contribution is 5.95. The van der Waals surface area contributed by atoms with Crippen LogP contribution in [0.5, 0.6) is 11.5 Å². The van der Waals surface area contributed by atoms with E-state index in [0.717, 1.165) is 5.56 Å². The molecule has 1 heterocycles. The van der Waals surface area contributed by atoms with Crippen LogP contribution in [0, 0.1) is 11.8 Å². The van der Waals surface area contributed by atoms with Crippen LogP contribution in [0.25, 0.3) is 0 Å². The van der Waals surface area contributed by atoms with E-state index >= 15 is 0 Å². The lowest BCUT2D eigenvalue weighted by Gasteiger charge is -2.26. The standard InChI is InChI=1S/C19H26O7/c1-5-24-18(20)16(19(21)25-6-2)14-9-10-26-17(14)13-8-7-12(22-3)11-15(13)23-4/h7-8,11,14,16-17H,5-6,9-10H2,1-4H3/t14-,17-/m0/s1. The van der Waals surface area contributed by atoms with Crippen LogP contribution in [0.4, 0.5) is 0 Å². The van der Waals surface area contributed by atoms with Crippen molar-refractivity contribution in [3.8, 4) is 11.5 Å². The van der Waals surface area contributed by atoms with Gasteiger partial charge in [0.05, 0.1) is 33.5 Å². The highest BCUT2D eigenvalue weighted by Gasteiger charge is 2.46. The van der Waals surface area contributed by atoms with Crippen molar-refractivity contribution >= 4 is 11.9 Å². The van der Waals surface area contributed by atoms with Crippen molar-refractivity contribution in [1.29, 1.82) is 0 Å². The molecule has 0 saturated carbocycles. The van der Waals surface area contributed by atoms with Crippen molar-refractivity contribution in [2.24, 2.45) is 11.8 Å². The summed E-state index contributed by atoms with van der Waals surface area (Å²) >= 11 is 0. The van der Waals surface area contributed by atoms with Gasteiger partial charge in [0, 0.05) is 24.2 Å². The Morgan fingerprint density at radius 2 is 1.77 bits per heavy atom. The molecule has 0 N–H and O–H groups in total. The van der Waals surface area contributed by atoms with Gasteiger partial charge in [0.25, 0.3) is 0 Å². The van der Waals surface area contributed by atoms with Crippen LogP contribution < -0.4 is 9.47 Å². The molecule has 1 aromatic carbocycles. The van der Waals surface area contributed by atoms with E-state index in [4.69, 9.17) is 23.7 Å². The third-order valence-corrected chi connectivity index (χ3v) is 4.39. The average Bonchev–Trinajstić information content (AvgIpc) is 3.10. The zero-order valence-corrected chi connectivity index (χ0v) is 15.7. The number of hydrogen-bond donors (Lipinski definition) is 0. The van der Waals surface area contributed by atoms with Gasteiger partial charge in [0.15, 0.2) is 5.92 Å². The molecule has 26 heavy (non-hydrogen) atoms. The van der Waals surface area contributed by atoms with Gasteiger partial charge in [-0.3, -0.25) is 9.59 Å². The van der Waals surface area contributed by atoms with E-state index in [-0.39, 0.29) is 13.2 Å². The summed E-state index contributed by atoms with van der Waals surface area (Å²) in [6.45, 7) is 4.22. The van der Waals surface area contributed by atoms with Gasteiger partial charge >= 0.3 is 11.9 Å². The monoisotopic (exact) mass is 366 g/mol. The van der Waals surface area contributed by atoms with Gasteiger partial charge < -0.3 is 23.7 Å². The van der Waals surface area contributed by atoms with Crippen LogP contribution in [-0.4, -0.2) is 46.0 Å². The highest BCUT2D eigenvalue weighted by Crippen LogP contribution is 2.44. The summed E-state index contributed by atoms with van der Waals surface area (Å²) < 4.78 is 26.8. The molecule has 0 aromatic heterocycles. The fourth-order valence-corrected chi connectivity index (χ4v) is 3.23. The van der Waals surface area contributed by atoms with Crippen LogP contribution in [0.2, 0.25) is 0 Å². The zero-order chi connectivity index (χ0) is 19.1. The third-order valence-electron chi connectivity index (χ3n) is 4.39. The van der Waals surface area contributed by atoms with Gasteiger partial charge in [-0.25, -0.2) is 0 Å². The Bertz CT molecular complexity index is 610. The minimum absolute atomic E-state index is 0.193. The number of rotatable bonds is 8. The molecule has 1 aromatic rings. The van der Waals surface area contributed by atoms with Crippen LogP contribution in [0.3, 0.4) is 0 Å². The number of benzene rings is 1. The normalized spacial score (nSPS) is 19.3. The average molecular weight is 366 g/mol. The Kier molecular flexibility index (Phi) is 7.26.